The fraction of sp³-hybridized carbons (Fsp3) is 0.929. The first-order valence-electron chi connectivity index (χ1n) is 6.41. The van der Waals surface area contributed by atoms with Crippen molar-refractivity contribution in [3.8, 4) is 0 Å². The molecule has 0 saturated heterocycles. The van der Waals surface area contributed by atoms with Crippen molar-refractivity contribution >= 4 is 6.09 Å². The third-order valence-electron chi connectivity index (χ3n) is 2.44. The molecule has 0 fully saturated rings. The number of amides is 1. The molecule has 0 saturated carbocycles. The van der Waals surface area contributed by atoms with E-state index in [4.69, 9.17) is 4.74 Å². The smallest absolute Gasteiger partial charge is 0.407 e. The molecule has 102 valence electrons. The quantitative estimate of drug-likeness (QED) is 0.814. The second kappa shape index (κ2) is 5.74. The van der Waals surface area contributed by atoms with Gasteiger partial charge >= 0.3 is 6.09 Å². The zero-order valence-corrected chi connectivity index (χ0v) is 12.7. The standard InChI is InChI=1S/C14H29NO2/c1-10(2)9-11(13(3,4)5)15-12(16)17-14(6,7)8/h10-11H,9H2,1-8H3,(H,15,16)/t11-/m1/s1. The predicted octanol–water partition coefficient (Wildman–Crippen LogP) is 3.97. The molecule has 0 radical (unpaired) electrons. The van der Waals surface area contributed by atoms with Gasteiger partial charge < -0.3 is 10.1 Å². The monoisotopic (exact) mass is 243 g/mol. The van der Waals surface area contributed by atoms with Crippen LogP contribution in [-0.4, -0.2) is 17.7 Å². The first-order valence-corrected chi connectivity index (χ1v) is 6.41. The van der Waals surface area contributed by atoms with Gasteiger partial charge in [-0.05, 0) is 38.5 Å². The van der Waals surface area contributed by atoms with Crippen LogP contribution >= 0.6 is 0 Å². The van der Waals surface area contributed by atoms with Crippen LogP contribution in [0.1, 0.15) is 61.8 Å². The number of alkyl carbamates (subject to hydrolysis) is 1. The summed E-state index contributed by atoms with van der Waals surface area (Å²) < 4.78 is 5.29. The van der Waals surface area contributed by atoms with Gasteiger partial charge in [0.2, 0.25) is 0 Å². The maximum Gasteiger partial charge on any atom is 0.407 e. The molecule has 0 heterocycles. The first kappa shape index (κ1) is 16.3. The molecule has 0 aliphatic carbocycles. The summed E-state index contributed by atoms with van der Waals surface area (Å²) in [7, 11) is 0. The lowest BCUT2D eigenvalue weighted by Gasteiger charge is -2.33. The van der Waals surface area contributed by atoms with Gasteiger partial charge in [0, 0.05) is 6.04 Å². The van der Waals surface area contributed by atoms with Gasteiger partial charge in [-0.15, -0.1) is 0 Å². The van der Waals surface area contributed by atoms with Gasteiger partial charge in [-0.1, -0.05) is 34.6 Å². The molecule has 0 spiro atoms. The van der Waals surface area contributed by atoms with E-state index in [1.54, 1.807) is 0 Å². The second-order valence-electron chi connectivity index (χ2n) is 7.19. The van der Waals surface area contributed by atoms with E-state index >= 15 is 0 Å². The average Bonchev–Trinajstić information content (AvgIpc) is 1.95. The highest BCUT2D eigenvalue weighted by atomic mass is 16.6. The van der Waals surface area contributed by atoms with Gasteiger partial charge in [-0.2, -0.15) is 0 Å². The lowest BCUT2D eigenvalue weighted by Crippen LogP contribution is -2.46. The molecule has 0 aromatic carbocycles. The summed E-state index contributed by atoms with van der Waals surface area (Å²) in [6.07, 6.45) is 0.640. The third-order valence-corrected chi connectivity index (χ3v) is 2.44. The molecule has 0 unspecified atom stereocenters. The van der Waals surface area contributed by atoms with Gasteiger partial charge in [0.15, 0.2) is 0 Å². The number of ether oxygens (including phenoxy) is 1. The van der Waals surface area contributed by atoms with Crippen molar-refractivity contribution in [3.05, 3.63) is 0 Å². The Morgan fingerprint density at radius 3 is 1.88 bits per heavy atom. The lowest BCUT2D eigenvalue weighted by atomic mass is 9.82. The van der Waals surface area contributed by atoms with Crippen LogP contribution in [0.15, 0.2) is 0 Å². The Labute approximate surface area is 106 Å². The Bertz CT molecular complexity index is 246. The molecule has 3 heteroatoms. The van der Waals surface area contributed by atoms with Crippen molar-refractivity contribution in [1.29, 1.82) is 0 Å². The van der Waals surface area contributed by atoms with E-state index in [0.717, 1.165) is 6.42 Å². The SMILES string of the molecule is CC(C)C[C@@H](NC(=O)OC(C)(C)C)C(C)(C)C. The van der Waals surface area contributed by atoms with E-state index in [0.29, 0.717) is 5.92 Å². The minimum Gasteiger partial charge on any atom is -0.444 e. The van der Waals surface area contributed by atoms with Crippen LogP contribution in [0.5, 0.6) is 0 Å². The van der Waals surface area contributed by atoms with Crippen molar-refractivity contribution in [2.75, 3.05) is 0 Å². The van der Waals surface area contributed by atoms with Crippen LogP contribution < -0.4 is 5.32 Å². The van der Waals surface area contributed by atoms with Crippen molar-refractivity contribution in [2.45, 2.75) is 73.5 Å². The fourth-order valence-electron chi connectivity index (χ4n) is 1.55. The summed E-state index contributed by atoms with van der Waals surface area (Å²) in [4.78, 5) is 11.8. The zero-order chi connectivity index (χ0) is 13.9. The van der Waals surface area contributed by atoms with E-state index < -0.39 is 5.60 Å². The lowest BCUT2D eigenvalue weighted by molar-refractivity contribution is 0.0452. The highest BCUT2D eigenvalue weighted by Crippen LogP contribution is 2.25. The third kappa shape index (κ3) is 8.06. The van der Waals surface area contributed by atoms with Crippen molar-refractivity contribution in [3.63, 3.8) is 0 Å². The van der Waals surface area contributed by atoms with E-state index in [2.05, 4.69) is 39.9 Å². The molecule has 0 aromatic heterocycles. The van der Waals surface area contributed by atoms with Crippen LogP contribution in [-0.2, 0) is 4.74 Å². The molecule has 0 bridgehead atoms. The summed E-state index contributed by atoms with van der Waals surface area (Å²) in [5.74, 6) is 0.550. The first-order chi connectivity index (χ1) is 7.42. The number of carbonyl (C=O) groups excluding carboxylic acids is 1. The number of nitrogens with one attached hydrogen (secondary N) is 1. The minimum atomic E-state index is -0.440. The molecular formula is C14H29NO2. The molecule has 1 amide bonds. The van der Waals surface area contributed by atoms with Crippen molar-refractivity contribution in [1.82, 2.24) is 5.32 Å². The second-order valence-corrected chi connectivity index (χ2v) is 7.19. The van der Waals surface area contributed by atoms with Crippen LogP contribution in [0, 0.1) is 11.3 Å². The highest BCUT2D eigenvalue weighted by molar-refractivity contribution is 5.68. The molecule has 0 aliphatic heterocycles. The van der Waals surface area contributed by atoms with Gasteiger partial charge in [0.05, 0.1) is 0 Å². The van der Waals surface area contributed by atoms with Gasteiger partial charge in [0.1, 0.15) is 5.60 Å². The summed E-state index contributed by atoms with van der Waals surface area (Å²) in [5, 5.41) is 2.98. The topological polar surface area (TPSA) is 38.3 Å². The summed E-state index contributed by atoms with van der Waals surface area (Å²) in [5.41, 5.74) is -0.397. The highest BCUT2D eigenvalue weighted by Gasteiger charge is 2.28. The Hall–Kier alpha value is -0.730. The molecule has 0 aromatic rings. The van der Waals surface area contributed by atoms with Crippen molar-refractivity contribution < 1.29 is 9.53 Å². The molecule has 1 atom stereocenters. The normalized spacial score (nSPS) is 14.6. The predicted molar refractivity (Wildman–Crippen MR) is 72.1 cm³/mol. The molecular weight excluding hydrogens is 214 g/mol. The van der Waals surface area contributed by atoms with Crippen LogP contribution in [0.2, 0.25) is 0 Å². The largest absolute Gasteiger partial charge is 0.444 e. The van der Waals surface area contributed by atoms with Crippen LogP contribution in [0.25, 0.3) is 0 Å². The van der Waals surface area contributed by atoms with E-state index in [-0.39, 0.29) is 17.6 Å². The molecule has 0 aliphatic rings. The van der Waals surface area contributed by atoms with Gasteiger partial charge in [0.25, 0.3) is 0 Å². The maximum atomic E-state index is 11.8. The molecule has 3 nitrogen and oxygen atoms in total. The number of hydrogen-bond acceptors (Lipinski definition) is 2. The Kier molecular flexibility index (Phi) is 5.50. The van der Waals surface area contributed by atoms with Gasteiger partial charge in [-0.25, -0.2) is 4.79 Å². The molecule has 1 N–H and O–H groups in total. The Balaban J connectivity index is 4.50. The van der Waals surface area contributed by atoms with Crippen molar-refractivity contribution in [2.24, 2.45) is 11.3 Å². The fourth-order valence-corrected chi connectivity index (χ4v) is 1.55. The average molecular weight is 243 g/mol. The van der Waals surface area contributed by atoms with Gasteiger partial charge in [-0.3, -0.25) is 0 Å². The number of carbonyl (C=O) groups is 1. The number of hydrogen-bond donors (Lipinski definition) is 1. The number of rotatable bonds is 3. The maximum absolute atomic E-state index is 11.8. The minimum absolute atomic E-state index is 0.0428. The Morgan fingerprint density at radius 2 is 1.59 bits per heavy atom. The van der Waals surface area contributed by atoms with E-state index in [1.165, 1.54) is 0 Å². The van der Waals surface area contributed by atoms with E-state index in [9.17, 15) is 4.79 Å². The zero-order valence-electron chi connectivity index (χ0n) is 12.7. The summed E-state index contributed by atoms with van der Waals surface area (Å²) >= 11 is 0. The molecule has 17 heavy (non-hydrogen) atoms. The Morgan fingerprint density at radius 1 is 1.12 bits per heavy atom. The molecule has 0 rings (SSSR count). The van der Waals surface area contributed by atoms with E-state index in [1.807, 2.05) is 20.8 Å². The van der Waals surface area contributed by atoms with Crippen LogP contribution in [0.3, 0.4) is 0 Å². The summed E-state index contributed by atoms with van der Waals surface area (Å²) in [6.45, 7) is 16.4. The van der Waals surface area contributed by atoms with Crippen LogP contribution in [0.4, 0.5) is 4.79 Å². The summed E-state index contributed by atoms with van der Waals surface area (Å²) in [6, 6.07) is 0.136.